The molecule has 2 aromatic heterocycles. The van der Waals surface area contributed by atoms with Gasteiger partial charge in [-0.25, -0.2) is 3.11 Å². The zero-order chi connectivity index (χ0) is 21.4. The van der Waals surface area contributed by atoms with E-state index in [1.54, 1.807) is 11.3 Å². The highest BCUT2D eigenvalue weighted by atomic mass is 127. The molecule has 4 nitrogen and oxygen atoms in total. The van der Waals surface area contributed by atoms with Gasteiger partial charge in [0.25, 0.3) is 0 Å². The van der Waals surface area contributed by atoms with Gasteiger partial charge in [0.05, 0.1) is 11.2 Å². The fraction of sp³-hybridized carbons (Fsp3) is 0.320. The second-order valence-corrected chi connectivity index (χ2v) is 10.6. The Morgan fingerprint density at radius 3 is 2.74 bits per heavy atom. The zero-order valence-electron chi connectivity index (χ0n) is 17.6. The molecule has 4 aromatic rings. The van der Waals surface area contributed by atoms with Crippen LogP contribution in [0.25, 0.3) is 32.2 Å². The lowest BCUT2D eigenvalue weighted by molar-refractivity contribution is 0.0916. The Hall–Kier alpha value is -1.74. The summed E-state index contributed by atoms with van der Waals surface area (Å²) in [6.45, 7) is 5.10. The van der Waals surface area contributed by atoms with Gasteiger partial charge in [-0.1, -0.05) is 25.1 Å². The van der Waals surface area contributed by atoms with Gasteiger partial charge in [0.1, 0.15) is 0 Å². The van der Waals surface area contributed by atoms with Gasteiger partial charge in [0.15, 0.2) is 0 Å². The number of halogens is 1. The standard InChI is InChI=1S/C25H26IN3OS/c1-2-25(30)29-22-6-3-17(16-27-21-7-10-28(26)11-8-21)13-20(22)14-23(29)19-5-4-18-9-12-31-24(18)15-19/h3-6,9,12-15,21,27H,2,7-8,10-11,16H2,1H3. The van der Waals surface area contributed by atoms with E-state index in [9.17, 15) is 4.79 Å². The number of piperidine rings is 1. The van der Waals surface area contributed by atoms with Crippen molar-refractivity contribution in [3.8, 4) is 11.3 Å². The number of hydrogen-bond donors (Lipinski definition) is 1. The predicted octanol–water partition coefficient (Wildman–Crippen LogP) is 6.48. The van der Waals surface area contributed by atoms with Crippen LogP contribution in [-0.2, 0) is 6.54 Å². The first-order valence-corrected chi connectivity index (χ1v) is 12.8. The predicted molar refractivity (Wildman–Crippen MR) is 139 cm³/mol. The molecule has 6 heteroatoms. The molecular formula is C25H26IN3OS. The zero-order valence-corrected chi connectivity index (χ0v) is 20.6. The van der Waals surface area contributed by atoms with E-state index in [4.69, 9.17) is 0 Å². The van der Waals surface area contributed by atoms with Crippen molar-refractivity contribution in [2.24, 2.45) is 0 Å². The third kappa shape index (κ3) is 4.31. The average molecular weight is 543 g/mol. The number of carbonyl (C=O) groups is 1. The number of rotatable bonds is 5. The molecule has 1 aliphatic heterocycles. The highest BCUT2D eigenvalue weighted by molar-refractivity contribution is 14.1. The fourth-order valence-electron chi connectivity index (χ4n) is 4.44. The summed E-state index contributed by atoms with van der Waals surface area (Å²) in [7, 11) is 0. The van der Waals surface area contributed by atoms with E-state index in [1.165, 1.54) is 28.5 Å². The summed E-state index contributed by atoms with van der Waals surface area (Å²) in [6, 6.07) is 17.9. The van der Waals surface area contributed by atoms with Gasteiger partial charge in [-0.2, -0.15) is 0 Å². The summed E-state index contributed by atoms with van der Waals surface area (Å²) in [4.78, 5) is 12.9. The molecule has 0 atom stereocenters. The minimum absolute atomic E-state index is 0.132. The molecule has 0 unspecified atom stereocenters. The van der Waals surface area contributed by atoms with Crippen molar-refractivity contribution in [3.05, 3.63) is 59.5 Å². The van der Waals surface area contributed by atoms with Crippen LogP contribution in [0.4, 0.5) is 0 Å². The van der Waals surface area contributed by atoms with E-state index >= 15 is 0 Å². The van der Waals surface area contributed by atoms with Crippen LogP contribution in [0.2, 0.25) is 0 Å². The molecule has 1 N–H and O–H groups in total. The lowest BCUT2D eigenvalue weighted by Crippen LogP contribution is -2.38. The van der Waals surface area contributed by atoms with E-state index in [0.29, 0.717) is 12.5 Å². The van der Waals surface area contributed by atoms with Crippen molar-refractivity contribution in [3.63, 3.8) is 0 Å². The first-order valence-electron chi connectivity index (χ1n) is 10.9. The molecule has 0 amide bonds. The monoisotopic (exact) mass is 543 g/mol. The second-order valence-electron chi connectivity index (χ2n) is 8.24. The summed E-state index contributed by atoms with van der Waals surface area (Å²) in [5.74, 6) is 0.132. The van der Waals surface area contributed by atoms with E-state index in [2.05, 4.69) is 85.2 Å². The van der Waals surface area contributed by atoms with Gasteiger partial charge in [-0.3, -0.25) is 9.36 Å². The van der Waals surface area contributed by atoms with E-state index in [1.807, 2.05) is 11.5 Å². The van der Waals surface area contributed by atoms with Crippen LogP contribution in [0.15, 0.2) is 53.9 Å². The van der Waals surface area contributed by atoms with Crippen LogP contribution in [0, 0.1) is 0 Å². The number of hydrogen-bond acceptors (Lipinski definition) is 4. The largest absolute Gasteiger partial charge is 0.310 e. The van der Waals surface area contributed by atoms with Crippen molar-refractivity contribution < 1.29 is 4.79 Å². The number of benzene rings is 2. The second kappa shape index (κ2) is 9.02. The van der Waals surface area contributed by atoms with Crippen LogP contribution in [0.3, 0.4) is 0 Å². The molecule has 0 aliphatic carbocycles. The van der Waals surface area contributed by atoms with E-state index in [0.717, 1.165) is 41.8 Å². The maximum absolute atomic E-state index is 12.9. The van der Waals surface area contributed by atoms with Crippen molar-refractivity contribution >= 4 is 61.1 Å². The molecular weight excluding hydrogens is 517 g/mol. The molecule has 0 radical (unpaired) electrons. The summed E-state index contributed by atoms with van der Waals surface area (Å²) < 4.78 is 5.52. The van der Waals surface area contributed by atoms with Gasteiger partial charge in [-0.05, 0) is 59.5 Å². The number of thiophene rings is 1. The van der Waals surface area contributed by atoms with Crippen LogP contribution < -0.4 is 5.32 Å². The maximum atomic E-state index is 12.9. The summed E-state index contributed by atoms with van der Waals surface area (Å²) >= 11 is 4.15. The number of nitrogens with zero attached hydrogens (tertiary/aromatic N) is 2. The van der Waals surface area contributed by atoms with Crippen LogP contribution >= 0.6 is 34.2 Å². The average Bonchev–Trinajstić information content (AvgIpc) is 3.41. The molecule has 0 spiro atoms. The topological polar surface area (TPSA) is 37.3 Å². The maximum Gasteiger partial charge on any atom is 0.231 e. The molecule has 1 saturated heterocycles. The van der Waals surface area contributed by atoms with Gasteiger partial charge in [-0.15, -0.1) is 11.3 Å². The number of nitrogens with one attached hydrogen (secondary N) is 1. The van der Waals surface area contributed by atoms with Gasteiger partial charge in [0.2, 0.25) is 5.91 Å². The molecule has 3 heterocycles. The Balaban J connectivity index is 1.47. The Kier molecular flexibility index (Phi) is 6.14. The minimum Gasteiger partial charge on any atom is -0.310 e. The van der Waals surface area contributed by atoms with E-state index in [-0.39, 0.29) is 5.91 Å². The van der Waals surface area contributed by atoms with Crippen LogP contribution in [-0.4, -0.2) is 32.7 Å². The molecule has 5 rings (SSSR count). The van der Waals surface area contributed by atoms with Gasteiger partial charge >= 0.3 is 0 Å². The normalized spacial score (nSPS) is 15.8. The molecule has 0 saturated carbocycles. The molecule has 31 heavy (non-hydrogen) atoms. The molecule has 160 valence electrons. The third-order valence-corrected chi connectivity index (χ3v) is 8.05. The number of aromatic nitrogens is 1. The number of fused-ring (bicyclic) bond motifs is 2. The van der Waals surface area contributed by atoms with Crippen LogP contribution in [0.1, 0.15) is 36.5 Å². The molecule has 0 bridgehead atoms. The van der Waals surface area contributed by atoms with E-state index < -0.39 is 0 Å². The van der Waals surface area contributed by atoms with Gasteiger partial charge in [0, 0.05) is 70.6 Å². The Labute approximate surface area is 200 Å². The molecule has 1 fully saturated rings. The summed E-state index contributed by atoms with van der Waals surface area (Å²) in [6.07, 6.45) is 2.88. The highest BCUT2D eigenvalue weighted by Gasteiger charge is 2.18. The summed E-state index contributed by atoms with van der Waals surface area (Å²) in [5.41, 5.74) is 4.34. The van der Waals surface area contributed by atoms with Crippen LogP contribution in [0.5, 0.6) is 0 Å². The fourth-order valence-corrected chi connectivity index (χ4v) is 5.83. The lowest BCUT2D eigenvalue weighted by atomic mass is 10.1. The molecule has 1 aliphatic rings. The summed E-state index contributed by atoms with van der Waals surface area (Å²) in [5, 5.41) is 8.22. The number of carbonyl (C=O) groups excluding carboxylic acids is 1. The third-order valence-electron chi connectivity index (χ3n) is 6.21. The first-order chi connectivity index (χ1) is 15.1. The van der Waals surface area contributed by atoms with Crippen molar-refractivity contribution in [1.82, 2.24) is 13.0 Å². The highest BCUT2D eigenvalue weighted by Crippen LogP contribution is 2.32. The Morgan fingerprint density at radius 2 is 1.94 bits per heavy atom. The molecule has 2 aromatic carbocycles. The Morgan fingerprint density at radius 1 is 1.10 bits per heavy atom. The minimum atomic E-state index is 0.132. The van der Waals surface area contributed by atoms with Gasteiger partial charge < -0.3 is 5.32 Å². The smallest absolute Gasteiger partial charge is 0.231 e. The Bertz CT molecular complexity index is 1240. The first kappa shape index (κ1) is 21.1. The van der Waals surface area contributed by atoms with Crippen molar-refractivity contribution in [2.75, 3.05) is 13.1 Å². The SMILES string of the molecule is CCC(=O)n1c(-c2ccc3ccsc3c2)cc2cc(CNC3CCN(I)CC3)ccc21. The van der Waals surface area contributed by atoms with Crippen molar-refractivity contribution in [2.45, 2.75) is 38.8 Å². The quantitative estimate of drug-likeness (QED) is 0.231. The lowest BCUT2D eigenvalue weighted by Gasteiger charge is -2.28. The van der Waals surface area contributed by atoms with Crippen molar-refractivity contribution in [1.29, 1.82) is 0 Å².